The molecule has 0 spiro atoms. The lowest BCUT2D eigenvalue weighted by Gasteiger charge is -2.08. The largest absolute Gasteiger partial charge is 0.497 e. The van der Waals surface area contributed by atoms with Crippen LogP contribution in [0.25, 0.3) is 11.3 Å². The number of rotatable bonds is 5. The number of nitrogens with one attached hydrogen (secondary N) is 1. The zero-order chi connectivity index (χ0) is 17.8. The van der Waals surface area contributed by atoms with Crippen LogP contribution >= 0.6 is 33.9 Å². The number of carbonyl (C=O) groups excluding carboxylic acids is 1. The molecule has 1 amide bonds. The number of ether oxygens (including phenoxy) is 2. The molecule has 0 unspecified atom stereocenters. The highest BCUT2D eigenvalue weighted by Gasteiger charge is 2.13. The molecule has 7 heteroatoms. The maximum absolute atomic E-state index is 12.3. The minimum atomic E-state index is -0.185. The Bertz CT molecular complexity index is 894. The lowest BCUT2D eigenvalue weighted by molar-refractivity contribution is 0.102. The lowest BCUT2D eigenvalue weighted by atomic mass is 10.1. The first-order chi connectivity index (χ1) is 12.1. The van der Waals surface area contributed by atoms with Gasteiger partial charge in [0.2, 0.25) is 0 Å². The molecule has 0 fully saturated rings. The van der Waals surface area contributed by atoms with Crippen LogP contribution in [-0.4, -0.2) is 25.1 Å². The average Bonchev–Trinajstić information content (AvgIpc) is 3.10. The molecule has 0 atom stereocenters. The Morgan fingerprint density at radius 2 is 1.88 bits per heavy atom. The molecule has 25 heavy (non-hydrogen) atoms. The minimum absolute atomic E-state index is 0.185. The molecule has 1 N–H and O–H groups in total. The number of anilines is 1. The number of halogens is 1. The topological polar surface area (TPSA) is 60.5 Å². The fraction of sp³-hybridized carbons (Fsp3) is 0.111. The Morgan fingerprint density at radius 1 is 1.12 bits per heavy atom. The number of methoxy groups -OCH3 is 2. The fourth-order valence-electron chi connectivity index (χ4n) is 2.24. The molecule has 3 rings (SSSR count). The monoisotopic (exact) mass is 466 g/mol. The molecule has 1 heterocycles. The SMILES string of the molecule is COc1ccc(OC)c(-c2csc(NC(=O)c3ccc(I)cc3)n2)c1. The summed E-state index contributed by atoms with van der Waals surface area (Å²) in [4.78, 5) is 16.8. The predicted octanol–water partition coefficient (Wildman–Crippen LogP) is 4.68. The van der Waals surface area contributed by atoms with E-state index in [0.29, 0.717) is 22.2 Å². The van der Waals surface area contributed by atoms with Crippen molar-refractivity contribution in [3.63, 3.8) is 0 Å². The van der Waals surface area contributed by atoms with Gasteiger partial charge in [-0.2, -0.15) is 0 Å². The summed E-state index contributed by atoms with van der Waals surface area (Å²) >= 11 is 3.56. The van der Waals surface area contributed by atoms with E-state index in [1.165, 1.54) is 11.3 Å². The first-order valence-corrected chi connectivity index (χ1v) is 9.31. The minimum Gasteiger partial charge on any atom is -0.497 e. The van der Waals surface area contributed by atoms with Gasteiger partial charge in [0.1, 0.15) is 11.5 Å². The van der Waals surface area contributed by atoms with E-state index in [2.05, 4.69) is 32.9 Å². The molecule has 128 valence electrons. The third kappa shape index (κ3) is 4.10. The third-order valence-corrected chi connectivity index (χ3v) is 4.99. The second-order valence-electron chi connectivity index (χ2n) is 5.07. The van der Waals surface area contributed by atoms with Gasteiger partial charge in [0.05, 0.1) is 19.9 Å². The molecule has 2 aromatic carbocycles. The summed E-state index contributed by atoms with van der Waals surface area (Å²) < 4.78 is 11.7. The van der Waals surface area contributed by atoms with Gasteiger partial charge in [0.25, 0.3) is 5.91 Å². The molecule has 1 aromatic heterocycles. The molecule has 0 aliphatic rings. The van der Waals surface area contributed by atoms with Gasteiger partial charge in [-0.05, 0) is 65.1 Å². The van der Waals surface area contributed by atoms with E-state index in [1.807, 2.05) is 35.7 Å². The van der Waals surface area contributed by atoms with Crippen molar-refractivity contribution >= 4 is 45.0 Å². The summed E-state index contributed by atoms with van der Waals surface area (Å²) in [6.45, 7) is 0. The number of aromatic nitrogens is 1. The van der Waals surface area contributed by atoms with Crippen LogP contribution in [0.15, 0.2) is 47.8 Å². The van der Waals surface area contributed by atoms with E-state index in [0.717, 1.165) is 14.8 Å². The van der Waals surface area contributed by atoms with E-state index >= 15 is 0 Å². The zero-order valence-corrected chi connectivity index (χ0v) is 16.6. The third-order valence-electron chi connectivity index (χ3n) is 3.51. The number of benzene rings is 2. The van der Waals surface area contributed by atoms with Crippen LogP contribution in [0.1, 0.15) is 10.4 Å². The van der Waals surface area contributed by atoms with Crippen molar-refractivity contribution in [1.29, 1.82) is 0 Å². The lowest BCUT2D eigenvalue weighted by Crippen LogP contribution is -2.11. The van der Waals surface area contributed by atoms with E-state index in [4.69, 9.17) is 9.47 Å². The second kappa shape index (κ2) is 7.83. The number of hydrogen-bond donors (Lipinski definition) is 1. The van der Waals surface area contributed by atoms with Crippen LogP contribution < -0.4 is 14.8 Å². The Balaban J connectivity index is 1.83. The number of carbonyl (C=O) groups is 1. The summed E-state index contributed by atoms with van der Waals surface area (Å²) in [5, 5.41) is 5.23. The Morgan fingerprint density at radius 3 is 2.56 bits per heavy atom. The van der Waals surface area contributed by atoms with Gasteiger partial charge >= 0.3 is 0 Å². The van der Waals surface area contributed by atoms with Crippen LogP contribution in [0.2, 0.25) is 0 Å². The summed E-state index contributed by atoms with van der Waals surface area (Å²) in [6, 6.07) is 12.9. The number of thiazole rings is 1. The summed E-state index contributed by atoms with van der Waals surface area (Å²) in [5.74, 6) is 1.23. The van der Waals surface area contributed by atoms with E-state index in [-0.39, 0.29) is 5.91 Å². The van der Waals surface area contributed by atoms with Gasteiger partial charge in [0.15, 0.2) is 5.13 Å². The van der Waals surface area contributed by atoms with Crippen LogP contribution in [0.4, 0.5) is 5.13 Å². The summed E-state index contributed by atoms with van der Waals surface area (Å²) in [6.07, 6.45) is 0. The molecule has 0 aliphatic heterocycles. The van der Waals surface area contributed by atoms with Crippen LogP contribution in [0.5, 0.6) is 11.5 Å². The number of hydrogen-bond acceptors (Lipinski definition) is 5. The molecule has 0 saturated carbocycles. The quantitative estimate of drug-likeness (QED) is 0.555. The molecule has 3 aromatic rings. The Labute approximate surface area is 163 Å². The van der Waals surface area contributed by atoms with Gasteiger partial charge in [-0.25, -0.2) is 4.98 Å². The van der Waals surface area contributed by atoms with Crippen molar-refractivity contribution in [2.45, 2.75) is 0 Å². The normalized spacial score (nSPS) is 10.4. The molecule has 0 saturated heterocycles. The van der Waals surface area contributed by atoms with Gasteiger partial charge in [-0.1, -0.05) is 0 Å². The first kappa shape index (κ1) is 17.7. The molecule has 0 radical (unpaired) electrons. The fourth-order valence-corrected chi connectivity index (χ4v) is 3.30. The Kier molecular flexibility index (Phi) is 5.54. The zero-order valence-electron chi connectivity index (χ0n) is 13.6. The van der Waals surface area contributed by atoms with Crippen molar-refractivity contribution in [2.75, 3.05) is 19.5 Å². The number of nitrogens with zero attached hydrogens (tertiary/aromatic N) is 1. The van der Waals surface area contributed by atoms with Crippen LogP contribution in [-0.2, 0) is 0 Å². The van der Waals surface area contributed by atoms with E-state index in [9.17, 15) is 4.79 Å². The van der Waals surface area contributed by atoms with Crippen LogP contribution in [0.3, 0.4) is 0 Å². The highest BCUT2D eigenvalue weighted by molar-refractivity contribution is 14.1. The van der Waals surface area contributed by atoms with E-state index in [1.54, 1.807) is 26.4 Å². The van der Waals surface area contributed by atoms with Crippen molar-refractivity contribution in [2.24, 2.45) is 0 Å². The Hall–Kier alpha value is -2.13. The second-order valence-corrected chi connectivity index (χ2v) is 7.17. The predicted molar refractivity (Wildman–Crippen MR) is 108 cm³/mol. The van der Waals surface area contributed by atoms with E-state index < -0.39 is 0 Å². The molecular weight excluding hydrogens is 451 g/mol. The van der Waals surface area contributed by atoms with Crippen molar-refractivity contribution in [1.82, 2.24) is 4.98 Å². The standard InChI is InChI=1S/C18H15IN2O3S/c1-23-13-7-8-16(24-2)14(9-13)15-10-25-18(20-15)21-17(22)11-3-5-12(19)6-4-11/h3-10H,1-2H3,(H,20,21,22). The van der Waals surface area contributed by atoms with Crippen molar-refractivity contribution < 1.29 is 14.3 Å². The molecule has 5 nitrogen and oxygen atoms in total. The smallest absolute Gasteiger partial charge is 0.257 e. The van der Waals surface area contributed by atoms with Gasteiger partial charge < -0.3 is 9.47 Å². The molecule has 0 bridgehead atoms. The van der Waals surface area contributed by atoms with Crippen molar-refractivity contribution in [3.05, 3.63) is 57.0 Å². The highest BCUT2D eigenvalue weighted by Crippen LogP contribution is 2.35. The molecule has 0 aliphatic carbocycles. The summed E-state index contributed by atoms with van der Waals surface area (Å²) in [7, 11) is 3.22. The van der Waals surface area contributed by atoms with Crippen molar-refractivity contribution in [3.8, 4) is 22.8 Å². The van der Waals surface area contributed by atoms with Gasteiger partial charge in [0, 0.05) is 20.1 Å². The highest BCUT2D eigenvalue weighted by atomic mass is 127. The first-order valence-electron chi connectivity index (χ1n) is 7.35. The molecular formula is C18H15IN2O3S. The maximum Gasteiger partial charge on any atom is 0.257 e. The summed E-state index contributed by atoms with van der Waals surface area (Å²) in [5.41, 5.74) is 2.13. The average molecular weight is 466 g/mol. The van der Waals surface area contributed by atoms with Crippen LogP contribution in [0, 0.1) is 3.57 Å². The maximum atomic E-state index is 12.3. The van der Waals surface area contributed by atoms with Gasteiger partial charge in [-0.3, -0.25) is 10.1 Å². The number of amides is 1. The van der Waals surface area contributed by atoms with Gasteiger partial charge in [-0.15, -0.1) is 11.3 Å².